The summed E-state index contributed by atoms with van der Waals surface area (Å²) in [5.74, 6) is -4.69. The Morgan fingerprint density at radius 3 is 1.03 bits per heavy atom. The van der Waals surface area contributed by atoms with Crippen molar-refractivity contribution in [2.45, 2.75) is 79.1 Å². The molecule has 0 aliphatic carbocycles. The zero-order valence-electron chi connectivity index (χ0n) is 21.4. The first-order valence-corrected chi connectivity index (χ1v) is 12.3. The van der Waals surface area contributed by atoms with Crippen LogP contribution in [-0.4, -0.2) is 44.3 Å². The molecule has 0 heterocycles. The van der Waals surface area contributed by atoms with Gasteiger partial charge in [-0.15, -0.1) is 0 Å². The van der Waals surface area contributed by atoms with Crippen LogP contribution >= 0.6 is 0 Å². The monoisotopic (exact) mass is 500 g/mol. The molecule has 2 rings (SSSR count). The van der Waals surface area contributed by atoms with E-state index in [1.54, 1.807) is 12.1 Å². The Bertz CT molecular complexity index is 1010. The molecule has 0 spiro atoms. The Labute approximate surface area is 211 Å². The van der Waals surface area contributed by atoms with Gasteiger partial charge in [0.2, 0.25) is 0 Å². The highest BCUT2D eigenvalue weighted by Gasteiger charge is 2.23. The number of carboxylic acids is 4. The van der Waals surface area contributed by atoms with Gasteiger partial charge in [-0.2, -0.15) is 0 Å². The van der Waals surface area contributed by atoms with Crippen LogP contribution in [0, 0.1) is 0 Å². The highest BCUT2D eigenvalue weighted by molar-refractivity contribution is 6.03. The summed E-state index contributed by atoms with van der Waals surface area (Å²) in [5, 5.41) is 36.6. The van der Waals surface area contributed by atoms with E-state index in [4.69, 9.17) is 10.2 Å². The summed E-state index contributed by atoms with van der Waals surface area (Å²) in [4.78, 5) is 44.8. The summed E-state index contributed by atoms with van der Waals surface area (Å²) in [6, 6.07) is 6.28. The lowest BCUT2D eigenvalue weighted by molar-refractivity contribution is 0.0650. The minimum atomic E-state index is -1.19. The minimum Gasteiger partial charge on any atom is -0.478 e. The Morgan fingerprint density at radius 2 is 0.806 bits per heavy atom. The van der Waals surface area contributed by atoms with E-state index >= 15 is 0 Å². The fourth-order valence-corrected chi connectivity index (χ4v) is 4.31. The van der Waals surface area contributed by atoms with Crippen molar-refractivity contribution in [2.75, 3.05) is 0 Å². The average Bonchev–Trinajstić information content (AvgIpc) is 2.81. The predicted octanol–water partition coefficient (Wildman–Crippen LogP) is 5.98. The van der Waals surface area contributed by atoms with Crippen molar-refractivity contribution >= 4 is 23.9 Å². The number of aromatic carboxylic acids is 4. The van der Waals surface area contributed by atoms with Gasteiger partial charge < -0.3 is 20.4 Å². The van der Waals surface area contributed by atoms with Crippen LogP contribution in [0.5, 0.6) is 0 Å². The summed E-state index contributed by atoms with van der Waals surface area (Å²) in [6.45, 7) is 7.94. The van der Waals surface area contributed by atoms with E-state index in [1.807, 2.05) is 27.7 Å². The van der Waals surface area contributed by atoms with Crippen LogP contribution in [0.2, 0.25) is 0 Å². The lowest BCUT2D eigenvalue weighted by atomic mass is 9.91. The van der Waals surface area contributed by atoms with Gasteiger partial charge in [-0.3, -0.25) is 0 Å². The van der Waals surface area contributed by atoms with Crippen LogP contribution in [-0.2, 0) is 25.7 Å². The van der Waals surface area contributed by atoms with Gasteiger partial charge in [0.1, 0.15) is 0 Å². The second-order valence-electron chi connectivity index (χ2n) is 8.47. The molecule has 0 aliphatic rings. The number of carboxylic acid groups (broad SMARTS) is 4. The normalized spacial score (nSPS) is 10.3. The molecule has 0 radical (unpaired) electrons. The van der Waals surface area contributed by atoms with E-state index in [9.17, 15) is 29.4 Å². The molecule has 0 saturated heterocycles. The molecule has 8 nitrogen and oxygen atoms in total. The van der Waals surface area contributed by atoms with Crippen LogP contribution in [0.1, 0.15) is 117 Å². The second-order valence-corrected chi connectivity index (χ2v) is 8.47. The van der Waals surface area contributed by atoms with Crippen molar-refractivity contribution < 1.29 is 39.6 Å². The standard InChI is InChI=1S/2C14H18O4/c2*1-3-5-9-7-8-11(13(15)16)12(14(17)18)10(9)6-4-2/h2*7-8H,3-6H2,1-2H3,(H,15,16)(H,17,18). The zero-order valence-corrected chi connectivity index (χ0v) is 21.4. The molecule has 0 unspecified atom stereocenters. The number of aryl methyl sites for hydroxylation is 2. The maximum absolute atomic E-state index is 11.3. The molecule has 0 amide bonds. The maximum Gasteiger partial charge on any atom is 0.336 e. The first-order valence-electron chi connectivity index (χ1n) is 12.3. The van der Waals surface area contributed by atoms with Crippen LogP contribution in [0.25, 0.3) is 0 Å². The van der Waals surface area contributed by atoms with Crippen molar-refractivity contribution in [1.29, 1.82) is 0 Å². The molecule has 0 atom stereocenters. The molecule has 36 heavy (non-hydrogen) atoms. The first kappa shape index (κ1) is 30.4. The van der Waals surface area contributed by atoms with Crippen molar-refractivity contribution in [1.82, 2.24) is 0 Å². The minimum absolute atomic E-state index is 0.0460. The number of carbonyl (C=O) groups is 4. The van der Waals surface area contributed by atoms with Crippen LogP contribution in [0.3, 0.4) is 0 Å². The molecule has 0 aliphatic heterocycles. The van der Waals surface area contributed by atoms with Crippen LogP contribution in [0.4, 0.5) is 0 Å². The van der Waals surface area contributed by atoms with Crippen LogP contribution < -0.4 is 0 Å². The van der Waals surface area contributed by atoms with E-state index < -0.39 is 23.9 Å². The third-order valence-electron chi connectivity index (χ3n) is 5.75. The molecule has 8 heteroatoms. The predicted molar refractivity (Wildman–Crippen MR) is 137 cm³/mol. The number of benzene rings is 2. The number of hydrogen-bond donors (Lipinski definition) is 4. The molecule has 0 bridgehead atoms. The molecule has 2 aromatic carbocycles. The van der Waals surface area contributed by atoms with E-state index in [0.717, 1.165) is 49.7 Å². The smallest absolute Gasteiger partial charge is 0.336 e. The van der Waals surface area contributed by atoms with Crippen molar-refractivity contribution in [3.63, 3.8) is 0 Å². The summed E-state index contributed by atoms with van der Waals surface area (Å²) in [6.07, 6.45) is 6.13. The van der Waals surface area contributed by atoms with Crippen LogP contribution in [0.15, 0.2) is 24.3 Å². The number of rotatable bonds is 12. The Morgan fingerprint density at radius 1 is 0.500 bits per heavy atom. The van der Waals surface area contributed by atoms with E-state index in [0.29, 0.717) is 24.0 Å². The van der Waals surface area contributed by atoms with Gasteiger partial charge in [-0.1, -0.05) is 65.5 Å². The molecule has 196 valence electrons. The van der Waals surface area contributed by atoms with Gasteiger partial charge >= 0.3 is 23.9 Å². The van der Waals surface area contributed by atoms with E-state index in [-0.39, 0.29) is 22.3 Å². The average molecular weight is 501 g/mol. The third-order valence-corrected chi connectivity index (χ3v) is 5.75. The molecule has 0 fully saturated rings. The van der Waals surface area contributed by atoms with Gasteiger partial charge in [0.25, 0.3) is 0 Å². The van der Waals surface area contributed by atoms with Gasteiger partial charge in [-0.25, -0.2) is 19.2 Å². The Balaban J connectivity index is 0.000000360. The van der Waals surface area contributed by atoms with E-state index in [1.165, 1.54) is 12.1 Å². The maximum atomic E-state index is 11.3. The lowest BCUT2D eigenvalue weighted by Crippen LogP contribution is -2.13. The Kier molecular flexibility index (Phi) is 12.4. The second kappa shape index (κ2) is 14.7. The van der Waals surface area contributed by atoms with Crippen molar-refractivity contribution in [3.8, 4) is 0 Å². The van der Waals surface area contributed by atoms with Crippen molar-refractivity contribution in [2.24, 2.45) is 0 Å². The molecular formula is C28H36O8. The highest BCUT2D eigenvalue weighted by atomic mass is 16.4. The fraction of sp³-hybridized carbons (Fsp3) is 0.429. The zero-order chi connectivity index (χ0) is 27.4. The van der Waals surface area contributed by atoms with E-state index in [2.05, 4.69) is 0 Å². The van der Waals surface area contributed by atoms with Crippen molar-refractivity contribution in [3.05, 3.63) is 68.8 Å². The topological polar surface area (TPSA) is 149 Å². The lowest BCUT2D eigenvalue weighted by Gasteiger charge is -2.13. The van der Waals surface area contributed by atoms with Gasteiger partial charge in [0.15, 0.2) is 0 Å². The highest BCUT2D eigenvalue weighted by Crippen LogP contribution is 2.24. The molecule has 4 N–H and O–H groups in total. The number of hydrogen-bond acceptors (Lipinski definition) is 4. The third kappa shape index (κ3) is 7.66. The molecule has 0 aromatic heterocycles. The quantitative estimate of drug-likeness (QED) is 0.278. The first-order chi connectivity index (χ1) is 17.0. The SMILES string of the molecule is CCCc1ccc(C(=O)O)c(C(=O)O)c1CCC.CCCc1ccc(C(=O)O)c(C(=O)O)c1CCC. The summed E-state index contributed by atoms with van der Waals surface area (Å²) in [7, 11) is 0. The fourth-order valence-electron chi connectivity index (χ4n) is 4.31. The largest absolute Gasteiger partial charge is 0.478 e. The molecule has 0 saturated carbocycles. The van der Waals surface area contributed by atoms with Gasteiger partial charge in [-0.05, 0) is 60.1 Å². The summed E-state index contributed by atoms with van der Waals surface area (Å²) >= 11 is 0. The molecular weight excluding hydrogens is 464 g/mol. The summed E-state index contributed by atoms with van der Waals surface area (Å²) < 4.78 is 0. The Hall–Kier alpha value is -3.68. The summed E-state index contributed by atoms with van der Waals surface area (Å²) in [5.41, 5.74) is 2.91. The van der Waals surface area contributed by atoms with Gasteiger partial charge in [0.05, 0.1) is 22.3 Å². The molecule has 2 aromatic rings. The van der Waals surface area contributed by atoms with Gasteiger partial charge in [0, 0.05) is 0 Å².